The summed E-state index contributed by atoms with van der Waals surface area (Å²) in [7, 11) is 3.89. The lowest BCUT2D eigenvalue weighted by Gasteiger charge is -2.22. The Labute approximate surface area is 36.5 Å². The lowest BCUT2D eigenvalue weighted by molar-refractivity contribution is 0.772. The summed E-state index contributed by atoms with van der Waals surface area (Å²) in [6, 6.07) is 0. The Morgan fingerprint density at radius 2 is 2.00 bits per heavy atom. The van der Waals surface area contributed by atoms with Crippen LogP contribution in [0.3, 0.4) is 0 Å². The summed E-state index contributed by atoms with van der Waals surface area (Å²) in [5.74, 6) is 0. The molecule has 0 bridgehead atoms. The van der Waals surface area contributed by atoms with E-state index in [0.717, 1.165) is 19.7 Å². The zero-order chi connectivity index (χ0) is 3.70. The van der Waals surface area contributed by atoms with E-state index < -0.39 is 0 Å². The van der Waals surface area contributed by atoms with Crippen molar-refractivity contribution in [3.8, 4) is 0 Å². The van der Waals surface area contributed by atoms with Crippen molar-refractivity contribution in [3.63, 3.8) is 0 Å². The fraction of sp³-hybridized carbons (Fsp3) is 1.00. The second-order valence-electron chi connectivity index (χ2n) is 0.908. The fourth-order valence-electron chi connectivity index (χ4n) is 0.168. The van der Waals surface area contributed by atoms with Crippen molar-refractivity contribution in [1.82, 2.24) is 8.88 Å². The molecule has 0 aliphatic carbocycles. The molecule has 1 N–H and O–H groups in total. The van der Waals surface area contributed by atoms with Crippen LogP contribution in [0.25, 0.3) is 0 Å². The zero-order valence-electron chi connectivity index (χ0n) is 2.95. The van der Waals surface area contributed by atoms with E-state index >= 15 is 0 Å². The van der Waals surface area contributed by atoms with Crippen LogP contribution >= 0.6 is 0 Å². The van der Waals surface area contributed by atoms with Gasteiger partial charge in [-0.3, -0.25) is 0 Å². The molecule has 0 atom stereocenters. The molecule has 0 aromatic carbocycles. The smallest absolute Gasteiger partial charge is 0.234 e. The third-order valence-electron chi connectivity index (χ3n) is 0.447. The highest BCUT2D eigenvalue weighted by molar-refractivity contribution is 6.64. The van der Waals surface area contributed by atoms with E-state index in [9.17, 15) is 0 Å². The van der Waals surface area contributed by atoms with Crippen molar-refractivity contribution < 1.29 is 0 Å². The Hall–Kier alpha value is 0.354. The van der Waals surface area contributed by atoms with Crippen LogP contribution in [0.4, 0.5) is 0 Å². The van der Waals surface area contributed by atoms with E-state index in [-0.39, 0.29) is 0 Å². The molecule has 0 spiro atoms. The van der Waals surface area contributed by atoms with Crippen LogP contribution in [-0.4, -0.2) is 31.0 Å². The summed E-state index contributed by atoms with van der Waals surface area (Å²) in [4.78, 5) is 0. The van der Waals surface area contributed by atoms with E-state index in [4.69, 9.17) is 0 Å². The summed E-state index contributed by atoms with van der Waals surface area (Å²) in [6.45, 7) is 0. The van der Waals surface area contributed by atoms with Crippen LogP contribution in [-0.2, 0) is 0 Å². The summed E-state index contributed by atoms with van der Waals surface area (Å²) in [6.07, 6.45) is 0. The fourth-order valence-corrected chi connectivity index (χ4v) is 1.51. The van der Waals surface area contributed by atoms with Gasteiger partial charge in [0.05, 0.1) is 0 Å². The van der Waals surface area contributed by atoms with Crippen molar-refractivity contribution in [3.05, 3.63) is 0 Å². The Morgan fingerprint density at radius 3 is 2.00 bits per heavy atom. The van der Waals surface area contributed by atoms with Crippen LogP contribution < -0.4 is 4.65 Å². The Kier molecular flexibility index (Phi) is 0.859. The number of hydrogen-bond acceptors (Lipinski definition) is 2. The molecule has 0 saturated carbocycles. The van der Waals surface area contributed by atoms with E-state index in [0.29, 0.717) is 0 Å². The first kappa shape index (κ1) is 3.54. The van der Waals surface area contributed by atoms with E-state index in [2.05, 4.69) is 15.9 Å². The van der Waals surface area contributed by atoms with Crippen molar-refractivity contribution in [2.45, 2.75) is 0 Å². The van der Waals surface area contributed by atoms with Crippen molar-refractivity contribution >= 4 is 19.7 Å². The monoisotopic (exact) mass is 100.0 g/mol. The lowest BCUT2D eigenvalue weighted by Crippen LogP contribution is -2.56. The van der Waals surface area contributed by atoms with Gasteiger partial charge in [0.25, 0.3) is 0 Å². The first-order valence-electron chi connectivity index (χ1n) is 1.39. The van der Waals surface area contributed by atoms with Crippen molar-refractivity contribution in [2.75, 3.05) is 7.05 Å². The van der Waals surface area contributed by atoms with Crippen LogP contribution in [0.2, 0.25) is 0 Å². The number of nitrogens with one attached hydrogen (secondary N) is 1. The van der Waals surface area contributed by atoms with Gasteiger partial charge in [-0.25, -0.2) is 0 Å². The van der Waals surface area contributed by atoms with Gasteiger partial charge in [0.15, 0.2) is 0 Å². The maximum Gasteiger partial charge on any atom is 0.234 e. The molecule has 4 radical (unpaired) electrons. The van der Waals surface area contributed by atoms with Gasteiger partial charge in [0.2, 0.25) is 19.7 Å². The molecular weight excluding hydrogens is 96.2 g/mol. The highest BCUT2D eigenvalue weighted by atomic mass is 28.4. The van der Waals surface area contributed by atoms with Gasteiger partial charge in [0, 0.05) is 0 Å². The maximum absolute atomic E-state index is 3.14. The van der Waals surface area contributed by atoms with Gasteiger partial charge in [-0.15, -0.1) is 0 Å². The first-order valence-corrected chi connectivity index (χ1v) is 3.29. The SMILES string of the molecule is CN1[Si]N[Si]1. The molecule has 1 rings (SSSR count). The Balaban J connectivity index is 2.08. The molecular formula is CH4N2Si2. The van der Waals surface area contributed by atoms with Gasteiger partial charge in [-0.05, 0) is 7.05 Å². The first-order chi connectivity index (χ1) is 2.39. The third kappa shape index (κ3) is 0.597. The van der Waals surface area contributed by atoms with Crippen LogP contribution in [0, 0.1) is 0 Å². The molecule has 26 valence electrons. The van der Waals surface area contributed by atoms with Crippen LogP contribution in [0.5, 0.6) is 0 Å². The predicted molar refractivity (Wildman–Crippen MR) is 22.4 cm³/mol. The molecule has 1 aliphatic rings. The molecule has 5 heavy (non-hydrogen) atoms. The number of rotatable bonds is 0. The molecule has 0 aromatic heterocycles. The predicted octanol–water partition coefficient (Wildman–Crippen LogP) is -1.41. The average Bonchev–Trinajstić information content (AvgIpc) is 1.30. The van der Waals surface area contributed by atoms with Gasteiger partial charge in [0.1, 0.15) is 0 Å². The molecule has 4 heteroatoms. The molecule has 1 aliphatic heterocycles. The highest BCUT2D eigenvalue weighted by Crippen LogP contribution is 1.74. The normalized spacial score (nSPS) is 25.8. The molecule has 1 fully saturated rings. The van der Waals surface area contributed by atoms with Crippen molar-refractivity contribution in [2.24, 2.45) is 0 Å². The van der Waals surface area contributed by atoms with Crippen LogP contribution in [0.15, 0.2) is 0 Å². The highest BCUT2D eigenvalue weighted by Gasteiger charge is 2.09. The number of hydrogen-bond donors (Lipinski definition) is 1. The van der Waals surface area contributed by atoms with Gasteiger partial charge < -0.3 is 8.88 Å². The minimum Gasteiger partial charge on any atom is -0.337 e. The molecule has 2 nitrogen and oxygen atoms in total. The van der Waals surface area contributed by atoms with E-state index in [1.807, 2.05) is 0 Å². The molecule has 0 amide bonds. The van der Waals surface area contributed by atoms with E-state index in [1.54, 1.807) is 0 Å². The summed E-state index contributed by atoms with van der Waals surface area (Å²) in [5, 5.41) is 0. The standard InChI is InChI=1S/CH4N2Si2/c1-3-4-2-5-3/h2H,1H3. The van der Waals surface area contributed by atoms with E-state index in [1.165, 1.54) is 0 Å². The average molecular weight is 100 g/mol. The number of nitrogens with zero attached hydrogens (tertiary/aromatic N) is 1. The molecule has 1 heterocycles. The van der Waals surface area contributed by atoms with Gasteiger partial charge in [-0.2, -0.15) is 0 Å². The maximum atomic E-state index is 3.14. The molecule has 0 aromatic rings. The Bertz CT molecular complexity index is 34.6. The largest absolute Gasteiger partial charge is 0.337 e. The summed E-state index contributed by atoms with van der Waals surface area (Å²) in [5.41, 5.74) is 0. The summed E-state index contributed by atoms with van der Waals surface area (Å²) < 4.78 is 5.39. The van der Waals surface area contributed by atoms with Crippen molar-refractivity contribution in [1.29, 1.82) is 0 Å². The van der Waals surface area contributed by atoms with Gasteiger partial charge in [-0.1, -0.05) is 0 Å². The third-order valence-corrected chi connectivity index (χ3v) is 2.68. The topological polar surface area (TPSA) is 15.3 Å². The summed E-state index contributed by atoms with van der Waals surface area (Å²) >= 11 is 0. The Morgan fingerprint density at radius 1 is 1.60 bits per heavy atom. The minimum absolute atomic E-state index is 0.890. The van der Waals surface area contributed by atoms with Gasteiger partial charge >= 0.3 is 0 Å². The molecule has 0 unspecified atom stereocenters. The second-order valence-corrected chi connectivity index (χ2v) is 4.14. The lowest BCUT2D eigenvalue weighted by atomic mass is 11.6. The minimum atomic E-state index is 0.890. The quantitative estimate of drug-likeness (QED) is 0.376. The van der Waals surface area contributed by atoms with Crippen LogP contribution in [0.1, 0.15) is 0 Å². The molecule has 1 saturated heterocycles. The zero-order valence-corrected chi connectivity index (χ0v) is 4.95. The second kappa shape index (κ2) is 1.21.